The van der Waals surface area contributed by atoms with Gasteiger partial charge >= 0.3 is 0 Å². The summed E-state index contributed by atoms with van der Waals surface area (Å²) in [5.41, 5.74) is 0. The van der Waals surface area contributed by atoms with Gasteiger partial charge in [-0.3, -0.25) is 0 Å². The van der Waals surface area contributed by atoms with Crippen LogP contribution in [-0.2, 0) is 16.8 Å². The predicted molar refractivity (Wildman–Crippen MR) is 63.7 cm³/mol. The van der Waals surface area contributed by atoms with Gasteiger partial charge in [0.25, 0.3) is 10.2 Å². The molecule has 1 unspecified atom stereocenters. The molecule has 1 aromatic rings. The molecule has 0 aromatic carbocycles. The molecule has 2 heterocycles. The quantitative estimate of drug-likeness (QED) is 0.779. The van der Waals surface area contributed by atoms with Gasteiger partial charge in [-0.25, -0.2) is 0 Å². The molecule has 1 atom stereocenters. The van der Waals surface area contributed by atoms with Crippen LogP contribution >= 0.6 is 0 Å². The van der Waals surface area contributed by atoms with E-state index in [0.29, 0.717) is 18.7 Å². The summed E-state index contributed by atoms with van der Waals surface area (Å²) in [6, 6.07) is 1.27. The highest BCUT2D eigenvalue weighted by molar-refractivity contribution is 7.87. The van der Waals surface area contributed by atoms with Gasteiger partial charge in [0.2, 0.25) is 0 Å². The van der Waals surface area contributed by atoms with E-state index in [4.69, 9.17) is 4.52 Å². The van der Waals surface area contributed by atoms with Crippen LogP contribution < -0.4 is 4.72 Å². The van der Waals surface area contributed by atoms with Gasteiger partial charge in [0.15, 0.2) is 5.76 Å². The highest BCUT2D eigenvalue weighted by Crippen LogP contribution is 2.19. The predicted octanol–water partition coefficient (Wildman–Crippen LogP) is -0.144. The number of aliphatic hydroxyl groups excluding tert-OH is 1. The Morgan fingerprint density at radius 1 is 1.56 bits per heavy atom. The minimum Gasteiger partial charge on any atom is -0.395 e. The molecule has 1 saturated heterocycles. The zero-order valence-electron chi connectivity index (χ0n) is 9.95. The zero-order valence-corrected chi connectivity index (χ0v) is 10.8. The minimum absolute atomic E-state index is 0.0665. The molecular formula is C10H17N3O4S. The Hall–Kier alpha value is -0.960. The van der Waals surface area contributed by atoms with Gasteiger partial charge in [-0.15, -0.1) is 0 Å². The van der Waals surface area contributed by atoms with Crippen molar-refractivity contribution in [1.82, 2.24) is 14.2 Å². The number of nitrogens with zero attached hydrogens (tertiary/aromatic N) is 2. The van der Waals surface area contributed by atoms with Crippen molar-refractivity contribution in [3.63, 3.8) is 0 Å². The number of rotatable bonds is 5. The van der Waals surface area contributed by atoms with Crippen LogP contribution in [0.15, 0.2) is 16.8 Å². The number of hydrogen-bond donors (Lipinski definition) is 2. The molecule has 2 rings (SSSR count). The highest BCUT2D eigenvalue weighted by Gasteiger charge is 2.31. The van der Waals surface area contributed by atoms with E-state index in [9.17, 15) is 13.5 Å². The molecule has 0 amide bonds. The number of piperidine rings is 1. The van der Waals surface area contributed by atoms with Crippen molar-refractivity contribution in [2.45, 2.75) is 31.8 Å². The maximum absolute atomic E-state index is 12.1. The third-order valence-corrected chi connectivity index (χ3v) is 4.62. The summed E-state index contributed by atoms with van der Waals surface area (Å²) in [5.74, 6) is 0.455. The Labute approximate surface area is 106 Å². The molecule has 8 heteroatoms. The summed E-state index contributed by atoms with van der Waals surface area (Å²) in [6.07, 6.45) is 3.92. The van der Waals surface area contributed by atoms with Crippen LogP contribution in [-0.4, -0.2) is 42.2 Å². The number of aliphatic hydroxyl groups is 1. The van der Waals surface area contributed by atoms with Gasteiger partial charge in [-0.2, -0.15) is 17.4 Å². The van der Waals surface area contributed by atoms with Gasteiger partial charge in [0.1, 0.15) is 0 Å². The number of aromatic nitrogens is 1. The van der Waals surface area contributed by atoms with E-state index < -0.39 is 10.2 Å². The monoisotopic (exact) mass is 275 g/mol. The van der Waals surface area contributed by atoms with Crippen molar-refractivity contribution in [3.8, 4) is 0 Å². The third-order valence-electron chi connectivity index (χ3n) is 3.01. The molecule has 102 valence electrons. The van der Waals surface area contributed by atoms with Crippen LogP contribution in [0.1, 0.15) is 25.0 Å². The second-order valence-corrected chi connectivity index (χ2v) is 5.96. The lowest BCUT2D eigenvalue weighted by Gasteiger charge is -2.33. The summed E-state index contributed by atoms with van der Waals surface area (Å²) < 4.78 is 32.8. The van der Waals surface area contributed by atoms with Gasteiger partial charge in [-0.1, -0.05) is 11.6 Å². The fraction of sp³-hybridized carbons (Fsp3) is 0.700. The fourth-order valence-electron chi connectivity index (χ4n) is 2.05. The van der Waals surface area contributed by atoms with Gasteiger partial charge in [-0.05, 0) is 12.8 Å². The Balaban J connectivity index is 2.00. The Kier molecular flexibility index (Phi) is 4.33. The van der Waals surface area contributed by atoms with E-state index in [2.05, 4.69) is 9.88 Å². The van der Waals surface area contributed by atoms with Gasteiger partial charge in [0, 0.05) is 18.7 Å². The maximum Gasteiger partial charge on any atom is 0.280 e. The van der Waals surface area contributed by atoms with Crippen LogP contribution in [0.25, 0.3) is 0 Å². The van der Waals surface area contributed by atoms with Crippen LogP contribution in [0.2, 0.25) is 0 Å². The van der Waals surface area contributed by atoms with Crippen molar-refractivity contribution in [2.24, 2.45) is 0 Å². The van der Waals surface area contributed by atoms with Gasteiger partial charge in [0.05, 0.1) is 19.3 Å². The topological polar surface area (TPSA) is 95.7 Å². The van der Waals surface area contributed by atoms with Crippen LogP contribution in [0.3, 0.4) is 0 Å². The van der Waals surface area contributed by atoms with Crippen molar-refractivity contribution >= 4 is 10.2 Å². The molecule has 0 saturated carbocycles. The van der Waals surface area contributed by atoms with Crippen molar-refractivity contribution in [3.05, 3.63) is 18.0 Å². The average molecular weight is 275 g/mol. The lowest BCUT2D eigenvalue weighted by Crippen LogP contribution is -2.50. The smallest absolute Gasteiger partial charge is 0.280 e. The molecule has 0 aliphatic carbocycles. The summed E-state index contributed by atoms with van der Waals surface area (Å²) >= 11 is 0. The first kappa shape index (κ1) is 13.5. The zero-order chi connectivity index (χ0) is 13.0. The second-order valence-electron chi connectivity index (χ2n) is 4.25. The number of nitrogens with one attached hydrogen (secondary N) is 1. The lowest BCUT2D eigenvalue weighted by molar-refractivity contribution is 0.153. The maximum atomic E-state index is 12.1. The van der Waals surface area contributed by atoms with E-state index in [1.54, 1.807) is 6.07 Å². The fourth-order valence-corrected chi connectivity index (χ4v) is 3.48. The molecule has 1 aromatic heterocycles. The van der Waals surface area contributed by atoms with E-state index >= 15 is 0 Å². The van der Waals surface area contributed by atoms with Crippen LogP contribution in [0.4, 0.5) is 0 Å². The molecular weight excluding hydrogens is 258 g/mol. The highest BCUT2D eigenvalue weighted by atomic mass is 32.2. The average Bonchev–Trinajstić information content (AvgIpc) is 2.89. The standard InChI is InChI=1S/C10H17N3O4S/c14-8-9-3-1-2-6-13(9)18(15,16)12-7-10-4-5-11-17-10/h4-5,9,12,14H,1-3,6-8H2. The molecule has 0 bridgehead atoms. The van der Waals surface area contributed by atoms with Crippen molar-refractivity contribution in [1.29, 1.82) is 0 Å². The number of hydrogen-bond acceptors (Lipinski definition) is 5. The van der Waals surface area contributed by atoms with Crippen molar-refractivity contribution in [2.75, 3.05) is 13.2 Å². The first-order valence-corrected chi connectivity index (χ1v) is 7.34. The molecule has 1 aliphatic rings. The lowest BCUT2D eigenvalue weighted by atomic mass is 10.1. The third kappa shape index (κ3) is 3.08. The Morgan fingerprint density at radius 3 is 3.06 bits per heavy atom. The van der Waals surface area contributed by atoms with Crippen LogP contribution in [0, 0.1) is 0 Å². The summed E-state index contributed by atoms with van der Waals surface area (Å²) in [6.45, 7) is 0.358. The Morgan fingerprint density at radius 2 is 2.39 bits per heavy atom. The molecule has 1 aliphatic heterocycles. The molecule has 18 heavy (non-hydrogen) atoms. The first-order valence-electron chi connectivity index (χ1n) is 5.90. The van der Waals surface area contributed by atoms with E-state index in [-0.39, 0.29) is 19.2 Å². The molecule has 0 radical (unpaired) electrons. The summed E-state index contributed by atoms with van der Waals surface area (Å²) in [4.78, 5) is 0. The minimum atomic E-state index is -3.59. The normalized spacial score (nSPS) is 22.2. The van der Waals surface area contributed by atoms with Crippen molar-refractivity contribution < 1.29 is 18.0 Å². The van der Waals surface area contributed by atoms with E-state index in [1.165, 1.54) is 10.5 Å². The van der Waals surface area contributed by atoms with Crippen LogP contribution in [0.5, 0.6) is 0 Å². The molecule has 2 N–H and O–H groups in total. The molecule has 7 nitrogen and oxygen atoms in total. The largest absolute Gasteiger partial charge is 0.395 e. The summed E-state index contributed by atoms with van der Waals surface area (Å²) in [5, 5.41) is 12.7. The Bertz CT molecular complexity index is 459. The van der Waals surface area contributed by atoms with Gasteiger partial charge < -0.3 is 9.63 Å². The molecule has 0 spiro atoms. The molecule has 1 fully saturated rings. The first-order chi connectivity index (χ1) is 8.63. The summed E-state index contributed by atoms with van der Waals surface area (Å²) in [7, 11) is -3.59. The van der Waals surface area contributed by atoms with E-state index in [0.717, 1.165) is 12.8 Å². The second kappa shape index (κ2) is 5.79. The SMILES string of the molecule is O=S(=O)(NCc1ccno1)N1CCCCC1CO. The van der Waals surface area contributed by atoms with E-state index in [1.807, 2.05) is 0 Å².